The normalized spacial score (nSPS) is 14.8. The Morgan fingerprint density at radius 1 is 0.517 bits per heavy atom. The van der Waals surface area contributed by atoms with E-state index in [0.717, 1.165) is 12.8 Å². The van der Waals surface area contributed by atoms with E-state index in [1.165, 1.54) is 0 Å². The topological polar surface area (TPSA) is 28.2 Å². The number of rotatable bonds is 0. The average Bonchev–Trinajstić information content (AvgIpc) is 3.11. The number of nitrogens with zero attached hydrogens (tertiary/aromatic N) is 2. The minimum atomic E-state index is 0. The van der Waals surface area contributed by atoms with Crippen LogP contribution in [0.15, 0.2) is 36.5 Å². The van der Waals surface area contributed by atoms with Crippen LogP contribution in [0.4, 0.5) is 0 Å². The van der Waals surface area contributed by atoms with Crippen LogP contribution in [-0.2, 0) is 21.7 Å². The minimum absolute atomic E-state index is 0. The maximum atomic E-state index is 4.54. The molecular formula is C26H46N2Ti. The van der Waals surface area contributed by atoms with E-state index in [1.54, 1.807) is 0 Å². The Balaban J connectivity index is -0.000000316. The fourth-order valence-corrected chi connectivity index (χ4v) is 2.69. The Kier molecular flexibility index (Phi) is 17.7. The average molecular weight is 435 g/mol. The third-order valence-electron chi connectivity index (χ3n) is 2.51. The quantitative estimate of drug-likeness (QED) is 0.270. The van der Waals surface area contributed by atoms with Gasteiger partial charge >= 0.3 is 21.7 Å². The van der Waals surface area contributed by atoms with Gasteiger partial charge in [-0.3, -0.25) is 12.2 Å². The van der Waals surface area contributed by atoms with Crippen molar-refractivity contribution in [3.05, 3.63) is 59.2 Å². The summed E-state index contributed by atoms with van der Waals surface area (Å²) in [6, 6.07) is 0. The van der Waals surface area contributed by atoms with E-state index in [1.807, 2.05) is 24.3 Å². The summed E-state index contributed by atoms with van der Waals surface area (Å²) in [5.41, 5.74) is 0.438. The fourth-order valence-electron chi connectivity index (χ4n) is 2.69. The Morgan fingerprint density at radius 3 is 0.793 bits per heavy atom. The second-order valence-electron chi connectivity index (χ2n) is 10.9. The molecule has 0 aliphatic heterocycles. The zero-order valence-electron chi connectivity index (χ0n) is 21.3. The van der Waals surface area contributed by atoms with Crippen LogP contribution < -0.4 is 0 Å². The molecule has 0 bridgehead atoms. The van der Waals surface area contributed by atoms with Gasteiger partial charge in [0.15, 0.2) is 0 Å². The third kappa shape index (κ3) is 38.8. The molecule has 0 radical (unpaired) electrons. The van der Waals surface area contributed by atoms with E-state index in [4.69, 9.17) is 0 Å². The van der Waals surface area contributed by atoms with Gasteiger partial charge in [0.05, 0.1) is 0 Å². The van der Waals surface area contributed by atoms with Gasteiger partial charge < -0.3 is 10.6 Å². The van der Waals surface area contributed by atoms with Gasteiger partial charge in [-0.2, -0.15) is 12.2 Å². The van der Waals surface area contributed by atoms with Crippen molar-refractivity contribution in [3.8, 4) is 0 Å². The first-order valence-corrected chi connectivity index (χ1v) is 10.3. The minimum Gasteiger partial charge on any atom is -0.653 e. The molecule has 0 unspecified atom stereocenters. The van der Waals surface area contributed by atoms with E-state index in [0.29, 0.717) is 0 Å². The van der Waals surface area contributed by atoms with Crippen LogP contribution in [0.5, 0.6) is 0 Å². The number of hydrogen-bond acceptors (Lipinski definition) is 0. The molecule has 3 heteroatoms. The van der Waals surface area contributed by atoms with Gasteiger partial charge in [-0.05, 0) is 0 Å². The zero-order valence-corrected chi connectivity index (χ0v) is 22.8. The SMILES string of the molecule is CC(C)(C)[N-]C(C)(C)C.CC(C)(C)[N-]C(C)(C)C.[C-]1=CC=CC1.[C-]1=CC=CC1.[Ti+4]. The van der Waals surface area contributed by atoms with Crippen LogP contribution in [-0.4, -0.2) is 22.2 Å². The largest absolute Gasteiger partial charge is 4.00 e. The van der Waals surface area contributed by atoms with Gasteiger partial charge in [0.25, 0.3) is 0 Å². The Labute approximate surface area is 198 Å². The van der Waals surface area contributed by atoms with Crippen LogP contribution in [0, 0.1) is 12.2 Å². The smallest absolute Gasteiger partial charge is 0.653 e. The predicted octanol–water partition coefficient (Wildman–Crippen LogP) is 8.52. The molecule has 29 heavy (non-hydrogen) atoms. The van der Waals surface area contributed by atoms with E-state index >= 15 is 0 Å². The Morgan fingerprint density at radius 2 is 0.759 bits per heavy atom. The second kappa shape index (κ2) is 15.4. The Hall–Kier alpha value is -0.406. The zero-order chi connectivity index (χ0) is 22.5. The molecule has 2 rings (SSSR count). The van der Waals surface area contributed by atoms with Crippen molar-refractivity contribution < 1.29 is 21.7 Å². The molecule has 2 aliphatic rings. The van der Waals surface area contributed by atoms with Crippen molar-refractivity contribution in [1.82, 2.24) is 0 Å². The maximum absolute atomic E-state index is 4.54. The molecule has 0 spiro atoms. The second-order valence-corrected chi connectivity index (χ2v) is 10.9. The van der Waals surface area contributed by atoms with Gasteiger partial charge in [0, 0.05) is 0 Å². The molecule has 0 saturated heterocycles. The van der Waals surface area contributed by atoms with E-state index in [-0.39, 0.29) is 43.9 Å². The molecule has 0 N–H and O–H groups in total. The van der Waals surface area contributed by atoms with E-state index in [9.17, 15) is 0 Å². The van der Waals surface area contributed by atoms with Crippen molar-refractivity contribution in [2.24, 2.45) is 0 Å². The number of allylic oxidation sites excluding steroid dienone is 8. The van der Waals surface area contributed by atoms with Crippen molar-refractivity contribution >= 4 is 0 Å². The summed E-state index contributed by atoms with van der Waals surface area (Å²) in [5, 5.41) is 9.08. The first-order chi connectivity index (χ1) is 12.4. The van der Waals surface area contributed by atoms with Crippen molar-refractivity contribution in [3.63, 3.8) is 0 Å². The van der Waals surface area contributed by atoms with Crippen LogP contribution in [0.25, 0.3) is 10.6 Å². The summed E-state index contributed by atoms with van der Waals surface area (Å²) in [6.45, 7) is 25.5. The summed E-state index contributed by atoms with van der Waals surface area (Å²) >= 11 is 0. The first-order valence-electron chi connectivity index (χ1n) is 10.3. The first kappa shape index (κ1) is 33.2. The van der Waals surface area contributed by atoms with Crippen LogP contribution in [0.1, 0.15) is 95.9 Å². The van der Waals surface area contributed by atoms with Gasteiger partial charge in [0.2, 0.25) is 0 Å². The van der Waals surface area contributed by atoms with E-state index < -0.39 is 0 Å². The van der Waals surface area contributed by atoms with Gasteiger partial charge in [-0.15, -0.1) is 35.0 Å². The predicted molar refractivity (Wildman–Crippen MR) is 129 cm³/mol. The molecule has 0 heterocycles. The summed E-state index contributed by atoms with van der Waals surface area (Å²) in [6.07, 6.45) is 20.0. The summed E-state index contributed by atoms with van der Waals surface area (Å²) < 4.78 is 0. The molecule has 0 atom stereocenters. The standard InChI is InChI=1S/2C8H18N.2C5H5.Ti/c2*1-7(2,3)9-8(4,5)6;2*1-2-4-5-3-1;/h2*1-6H3;2*1-3H,4H2;/q4*-1;+4. The summed E-state index contributed by atoms with van der Waals surface area (Å²) in [4.78, 5) is 0. The molecule has 0 amide bonds. The summed E-state index contributed by atoms with van der Waals surface area (Å²) in [5.74, 6) is 0. The molecule has 0 aromatic rings. The summed E-state index contributed by atoms with van der Waals surface area (Å²) in [7, 11) is 0. The van der Waals surface area contributed by atoms with Crippen LogP contribution in [0.3, 0.4) is 0 Å². The van der Waals surface area contributed by atoms with Crippen molar-refractivity contribution in [1.29, 1.82) is 0 Å². The number of hydrogen-bond donors (Lipinski definition) is 0. The molecule has 0 fully saturated rings. The molecule has 164 valence electrons. The molecular weight excluding hydrogens is 388 g/mol. The Bertz CT molecular complexity index is 407. The maximum Gasteiger partial charge on any atom is 4.00 e. The molecule has 2 aliphatic carbocycles. The van der Waals surface area contributed by atoms with E-state index in [2.05, 4.69) is 118 Å². The molecule has 0 aromatic heterocycles. The van der Waals surface area contributed by atoms with Gasteiger partial charge in [-0.1, -0.05) is 83.1 Å². The molecule has 2 nitrogen and oxygen atoms in total. The third-order valence-corrected chi connectivity index (χ3v) is 2.51. The molecule has 0 aromatic carbocycles. The van der Waals surface area contributed by atoms with Crippen LogP contribution >= 0.6 is 0 Å². The van der Waals surface area contributed by atoms with Gasteiger partial charge in [-0.25, -0.2) is 24.3 Å². The molecule has 0 saturated carbocycles. The van der Waals surface area contributed by atoms with Crippen molar-refractivity contribution in [2.75, 3.05) is 0 Å². The van der Waals surface area contributed by atoms with Crippen molar-refractivity contribution in [2.45, 2.75) is 118 Å². The van der Waals surface area contributed by atoms with Crippen LogP contribution in [0.2, 0.25) is 0 Å². The fraction of sp³-hybridized carbons (Fsp3) is 0.692. The van der Waals surface area contributed by atoms with Gasteiger partial charge in [0.1, 0.15) is 0 Å². The monoisotopic (exact) mass is 434 g/mol.